The molecule has 3 aromatic carbocycles. The van der Waals surface area contributed by atoms with Crippen LogP contribution in [-0.4, -0.2) is 121 Å². The van der Waals surface area contributed by atoms with Crippen LogP contribution < -0.4 is 20.7 Å². The molecule has 7 rings (SSSR count). The van der Waals surface area contributed by atoms with Crippen molar-refractivity contribution in [3.63, 3.8) is 0 Å². The molecule has 4 heterocycles. The average molecular weight is 910 g/mol. The Hall–Kier alpha value is -6.24. The van der Waals surface area contributed by atoms with E-state index in [1.807, 2.05) is 54.3 Å². The van der Waals surface area contributed by atoms with Gasteiger partial charge in [0.2, 0.25) is 5.91 Å². The summed E-state index contributed by atoms with van der Waals surface area (Å²) in [4.78, 5) is 61.6. The van der Waals surface area contributed by atoms with E-state index in [0.29, 0.717) is 31.5 Å². The summed E-state index contributed by atoms with van der Waals surface area (Å²) in [7, 11) is 2.59. The van der Waals surface area contributed by atoms with Gasteiger partial charge in [-0.2, -0.15) is 10.2 Å². The van der Waals surface area contributed by atoms with Gasteiger partial charge >= 0.3 is 12.0 Å². The number of aliphatic hydroxyl groups is 1. The van der Waals surface area contributed by atoms with Crippen LogP contribution in [0.1, 0.15) is 91.6 Å². The van der Waals surface area contributed by atoms with Gasteiger partial charge in [0.15, 0.2) is 24.3 Å². The number of urea groups is 1. The van der Waals surface area contributed by atoms with Crippen LogP contribution in [0.4, 0.5) is 16.2 Å². The van der Waals surface area contributed by atoms with Crippen molar-refractivity contribution >= 4 is 64.7 Å². The van der Waals surface area contributed by atoms with Gasteiger partial charge in [0, 0.05) is 74.3 Å². The van der Waals surface area contributed by atoms with Crippen molar-refractivity contribution in [2.24, 2.45) is 0 Å². The molecule has 0 radical (unpaired) electrons. The lowest BCUT2D eigenvalue weighted by Gasteiger charge is -2.45. The minimum Gasteiger partial charge on any atom is -0.479 e. The molecule has 2 unspecified atom stereocenters. The first kappa shape index (κ1) is 48.2. The van der Waals surface area contributed by atoms with Crippen LogP contribution in [0.5, 0.6) is 5.75 Å². The SMILES string of the molecule is CNC(=O)C(CCC=O)n1nc(C)c2cc(C3CCN(C(=O)Nc4cccc(CSN5CCC(Nc6cccc(-n7cc(OCC(=O)O)c(C=O)n7)c6)CC5(C)C)c4)CC3)ccc21.CO. The second kappa shape index (κ2) is 22.1. The normalized spacial score (nSPS) is 16.8. The summed E-state index contributed by atoms with van der Waals surface area (Å²) >= 11 is 1.80. The van der Waals surface area contributed by atoms with Gasteiger partial charge in [-0.3, -0.25) is 14.3 Å². The molecule has 2 saturated heterocycles. The van der Waals surface area contributed by atoms with Crippen LogP contribution in [0.25, 0.3) is 16.6 Å². The molecule has 0 spiro atoms. The van der Waals surface area contributed by atoms with Crippen molar-refractivity contribution in [1.82, 2.24) is 34.1 Å². The molecule has 0 aliphatic carbocycles. The molecule has 2 atom stereocenters. The number of carboxylic acid groups (broad SMARTS) is 1. The van der Waals surface area contributed by atoms with Crippen molar-refractivity contribution < 1.29 is 38.9 Å². The fraction of sp³-hybridized carbons (Fsp3) is 0.426. The van der Waals surface area contributed by atoms with Gasteiger partial charge < -0.3 is 40.6 Å². The number of carbonyl (C=O) groups is 5. The van der Waals surface area contributed by atoms with Crippen molar-refractivity contribution in [2.75, 3.05) is 51.0 Å². The summed E-state index contributed by atoms with van der Waals surface area (Å²) in [6.45, 7) is 8.03. The number of aliphatic carboxylic acids is 1. The number of hydrogen-bond donors (Lipinski definition) is 5. The van der Waals surface area contributed by atoms with E-state index in [1.54, 1.807) is 23.7 Å². The lowest BCUT2D eigenvalue weighted by molar-refractivity contribution is -0.139. The maximum atomic E-state index is 13.5. The Morgan fingerprint density at radius 1 is 0.969 bits per heavy atom. The van der Waals surface area contributed by atoms with E-state index in [0.717, 1.165) is 84.9 Å². The van der Waals surface area contributed by atoms with E-state index in [-0.39, 0.29) is 47.3 Å². The number of amides is 3. The Balaban J connectivity index is 0.00000345. The molecule has 0 saturated carbocycles. The number of fused-ring (bicyclic) bond motifs is 1. The van der Waals surface area contributed by atoms with Crippen molar-refractivity contribution in [3.05, 3.63) is 95.4 Å². The van der Waals surface area contributed by atoms with E-state index in [2.05, 4.69) is 63.5 Å². The summed E-state index contributed by atoms with van der Waals surface area (Å²) in [5.74, 6) is -0.158. The van der Waals surface area contributed by atoms with Crippen LogP contribution >= 0.6 is 11.9 Å². The molecule has 5 N–H and O–H groups in total. The summed E-state index contributed by atoms with van der Waals surface area (Å²) in [6, 6.07) is 21.6. The number of benzene rings is 3. The van der Waals surface area contributed by atoms with Crippen LogP contribution in [0.2, 0.25) is 0 Å². The van der Waals surface area contributed by atoms with Gasteiger partial charge in [0.1, 0.15) is 12.3 Å². The molecule has 18 heteroatoms. The maximum Gasteiger partial charge on any atom is 0.341 e. The molecule has 2 aliphatic heterocycles. The molecule has 5 aromatic rings. The quantitative estimate of drug-likeness (QED) is 0.0493. The first-order valence-electron chi connectivity index (χ1n) is 21.8. The van der Waals surface area contributed by atoms with Gasteiger partial charge in [0.05, 0.1) is 23.1 Å². The zero-order valence-corrected chi connectivity index (χ0v) is 38.3. The summed E-state index contributed by atoms with van der Waals surface area (Å²) in [5.41, 5.74) is 6.33. The predicted octanol–water partition coefficient (Wildman–Crippen LogP) is 6.60. The monoisotopic (exact) mass is 909 g/mol. The molecule has 17 nitrogen and oxygen atoms in total. The van der Waals surface area contributed by atoms with Gasteiger partial charge in [-0.25, -0.2) is 18.6 Å². The van der Waals surface area contributed by atoms with Crippen molar-refractivity contribution in [2.45, 2.75) is 88.6 Å². The molecule has 0 bridgehead atoms. The number of carboxylic acids is 1. The molecule has 3 amide bonds. The summed E-state index contributed by atoms with van der Waals surface area (Å²) < 4.78 is 10.9. The van der Waals surface area contributed by atoms with Gasteiger partial charge in [-0.05, 0) is 112 Å². The number of aliphatic hydroxyl groups excluding tert-OH is 1. The number of nitrogens with zero attached hydrogens (tertiary/aromatic N) is 6. The highest BCUT2D eigenvalue weighted by Gasteiger charge is 2.35. The highest BCUT2D eigenvalue weighted by molar-refractivity contribution is 7.96. The number of piperidine rings is 2. The Labute approximate surface area is 383 Å². The van der Waals surface area contributed by atoms with Gasteiger partial charge in [0.25, 0.3) is 0 Å². The number of anilines is 2. The molecular formula is C47H59N9O8S. The highest BCUT2D eigenvalue weighted by Crippen LogP contribution is 2.37. The summed E-state index contributed by atoms with van der Waals surface area (Å²) in [6.07, 6.45) is 7.03. The summed E-state index contributed by atoms with van der Waals surface area (Å²) in [5, 5.41) is 35.5. The van der Waals surface area contributed by atoms with E-state index < -0.39 is 18.6 Å². The fourth-order valence-electron chi connectivity index (χ4n) is 8.63. The van der Waals surface area contributed by atoms with Crippen LogP contribution in [0, 0.1) is 6.92 Å². The second-order valence-corrected chi connectivity index (χ2v) is 17.8. The van der Waals surface area contributed by atoms with Gasteiger partial charge in [-0.1, -0.05) is 36.2 Å². The molecular weight excluding hydrogens is 851 g/mol. The zero-order valence-electron chi connectivity index (χ0n) is 37.5. The molecule has 2 aromatic heterocycles. The number of likely N-dealkylation sites (N-methyl/N-ethyl adjacent to an activating group) is 1. The lowest BCUT2D eigenvalue weighted by atomic mass is 9.88. The number of aryl methyl sites for hydroxylation is 1. The van der Waals surface area contributed by atoms with E-state index in [1.165, 1.54) is 16.4 Å². The Bertz CT molecular complexity index is 2460. The third kappa shape index (κ3) is 11.9. The lowest BCUT2D eigenvalue weighted by Crippen LogP contribution is -2.49. The molecule has 2 aliphatic rings. The number of rotatable bonds is 17. The Morgan fingerprint density at radius 2 is 1.72 bits per heavy atom. The van der Waals surface area contributed by atoms with Crippen LogP contribution in [-0.2, 0) is 20.1 Å². The Kier molecular flexibility index (Phi) is 16.4. The molecule has 65 heavy (non-hydrogen) atoms. The number of nitrogens with one attached hydrogen (secondary N) is 3. The number of aldehydes is 2. The smallest absolute Gasteiger partial charge is 0.341 e. The first-order chi connectivity index (χ1) is 31.3. The largest absolute Gasteiger partial charge is 0.479 e. The zero-order chi connectivity index (χ0) is 46.7. The molecule has 346 valence electrons. The minimum atomic E-state index is -1.14. The first-order valence-corrected chi connectivity index (χ1v) is 22.7. The number of hydrogen-bond acceptors (Lipinski definition) is 12. The second-order valence-electron chi connectivity index (χ2n) is 16.8. The van der Waals surface area contributed by atoms with E-state index in [9.17, 15) is 24.0 Å². The fourth-order valence-corrected chi connectivity index (χ4v) is 9.77. The highest BCUT2D eigenvalue weighted by atomic mass is 32.2. The standard InChI is InChI=1S/C46H55N9O7S.CH4O/c1-30-38-23-33(13-14-40(38)55(50-30)41(12-7-21-56)44(60)47-4)32-15-18-52(19-16-32)45(61)49-34-9-5-8-31(22-34)29-63-54-20-17-36(25-46(54,2)3)48-35-10-6-11-37(24-35)53-26-42(39(27-57)51-53)62-28-43(58)59;1-2/h5-6,8-11,13-14,21-24,26-27,32,36,41,48H,7,12,15-20,25,28-29H2,1-4H3,(H,47,60)(H,49,61)(H,58,59);2H,1H3. The number of aromatic nitrogens is 4. The van der Waals surface area contributed by atoms with E-state index >= 15 is 0 Å². The minimum absolute atomic E-state index is 0.0304. The number of carbonyl (C=O) groups excluding carboxylic acids is 4. The molecule has 2 fully saturated rings. The van der Waals surface area contributed by atoms with Crippen molar-refractivity contribution in [3.8, 4) is 11.4 Å². The van der Waals surface area contributed by atoms with Crippen molar-refractivity contribution in [1.29, 1.82) is 0 Å². The van der Waals surface area contributed by atoms with Gasteiger partial charge in [-0.15, -0.1) is 0 Å². The number of likely N-dealkylation sites (tertiary alicyclic amines) is 1. The van der Waals surface area contributed by atoms with E-state index in [4.69, 9.17) is 20.0 Å². The predicted molar refractivity (Wildman–Crippen MR) is 251 cm³/mol. The topological polar surface area (TPSA) is 213 Å². The Morgan fingerprint density at radius 3 is 2.43 bits per heavy atom. The number of ether oxygens (including phenoxy) is 1. The van der Waals surface area contributed by atoms with Crippen LogP contribution in [0.15, 0.2) is 72.9 Å². The van der Waals surface area contributed by atoms with Crippen LogP contribution in [0.3, 0.4) is 0 Å². The third-order valence-electron chi connectivity index (χ3n) is 11.9. The average Bonchev–Trinajstić information content (AvgIpc) is 3.88. The third-order valence-corrected chi connectivity index (χ3v) is 13.3. The maximum absolute atomic E-state index is 13.5.